The topological polar surface area (TPSA) is 83.5 Å². The van der Waals surface area contributed by atoms with Gasteiger partial charge in [0.25, 0.3) is 0 Å². The van der Waals surface area contributed by atoms with Crippen molar-refractivity contribution in [2.75, 3.05) is 0 Å². The Labute approximate surface area is 125 Å². The molecule has 0 radical (unpaired) electrons. The summed E-state index contributed by atoms with van der Waals surface area (Å²) in [6, 6.07) is 2.80. The zero-order valence-corrected chi connectivity index (χ0v) is 13.3. The molecule has 0 heterocycles. The highest BCUT2D eigenvalue weighted by molar-refractivity contribution is 7.89. The average Bonchev–Trinajstić information content (AvgIpc) is 2.73. The van der Waals surface area contributed by atoms with Crippen molar-refractivity contribution in [3.05, 3.63) is 28.8 Å². The van der Waals surface area contributed by atoms with Gasteiger partial charge >= 0.3 is 5.97 Å². The van der Waals surface area contributed by atoms with Crippen LogP contribution in [0.1, 0.15) is 47.7 Å². The number of benzene rings is 1. The van der Waals surface area contributed by atoms with Crippen molar-refractivity contribution in [1.82, 2.24) is 4.72 Å². The molecule has 2 rings (SSSR count). The summed E-state index contributed by atoms with van der Waals surface area (Å²) in [5.74, 6) is -0.803. The minimum atomic E-state index is -3.69. The van der Waals surface area contributed by atoms with Gasteiger partial charge in [-0.2, -0.15) is 0 Å². The van der Waals surface area contributed by atoms with Crippen LogP contribution in [0.2, 0.25) is 0 Å². The molecule has 5 nitrogen and oxygen atoms in total. The van der Waals surface area contributed by atoms with E-state index < -0.39 is 16.0 Å². The minimum Gasteiger partial charge on any atom is -0.478 e. The van der Waals surface area contributed by atoms with E-state index in [-0.39, 0.29) is 16.5 Å². The summed E-state index contributed by atoms with van der Waals surface area (Å²) in [5.41, 5.74) is 1.16. The maximum Gasteiger partial charge on any atom is 0.335 e. The van der Waals surface area contributed by atoms with Gasteiger partial charge in [0.15, 0.2) is 0 Å². The van der Waals surface area contributed by atoms with Crippen molar-refractivity contribution in [2.45, 2.75) is 51.0 Å². The molecule has 0 spiro atoms. The zero-order valence-electron chi connectivity index (χ0n) is 12.5. The molecule has 6 heteroatoms. The molecule has 1 aromatic rings. The lowest BCUT2D eigenvalue weighted by Gasteiger charge is -2.19. The van der Waals surface area contributed by atoms with E-state index in [2.05, 4.69) is 4.72 Å². The van der Waals surface area contributed by atoms with E-state index in [0.717, 1.165) is 19.3 Å². The first-order valence-corrected chi connectivity index (χ1v) is 8.57. The van der Waals surface area contributed by atoms with E-state index in [0.29, 0.717) is 17.0 Å². The SMILES string of the molecule is Cc1cc(C)c(S(=O)(=O)NC2CCCC2C)cc1C(=O)O. The van der Waals surface area contributed by atoms with Gasteiger partial charge in [-0.05, 0) is 49.8 Å². The van der Waals surface area contributed by atoms with Crippen LogP contribution in [0.5, 0.6) is 0 Å². The predicted molar refractivity (Wildman–Crippen MR) is 80.0 cm³/mol. The molecule has 1 aliphatic carbocycles. The Bertz CT molecular complexity index is 666. The lowest BCUT2D eigenvalue weighted by molar-refractivity contribution is 0.0696. The fourth-order valence-electron chi connectivity index (χ4n) is 2.94. The normalized spacial score (nSPS) is 22.4. The van der Waals surface area contributed by atoms with Gasteiger partial charge in [-0.25, -0.2) is 17.9 Å². The van der Waals surface area contributed by atoms with Crippen molar-refractivity contribution >= 4 is 16.0 Å². The highest BCUT2D eigenvalue weighted by Gasteiger charge is 2.29. The second-order valence-corrected chi connectivity index (χ2v) is 7.56. The van der Waals surface area contributed by atoms with Crippen molar-refractivity contribution in [2.24, 2.45) is 5.92 Å². The maximum atomic E-state index is 12.5. The lowest BCUT2D eigenvalue weighted by atomic mass is 10.1. The van der Waals surface area contributed by atoms with Crippen LogP contribution in [0, 0.1) is 19.8 Å². The number of hydrogen-bond donors (Lipinski definition) is 2. The molecule has 2 unspecified atom stereocenters. The van der Waals surface area contributed by atoms with Gasteiger partial charge in [-0.15, -0.1) is 0 Å². The first-order valence-electron chi connectivity index (χ1n) is 7.09. The highest BCUT2D eigenvalue weighted by Crippen LogP contribution is 2.27. The van der Waals surface area contributed by atoms with Crippen molar-refractivity contribution in [3.8, 4) is 0 Å². The lowest BCUT2D eigenvalue weighted by Crippen LogP contribution is -2.36. The number of carboxylic acids is 1. The number of nitrogens with one attached hydrogen (secondary N) is 1. The van der Waals surface area contributed by atoms with Crippen LogP contribution in [-0.4, -0.2) is 25.5 Å². The number of aromatic carboxylic acids is 1. The molecule has 1 aliphatic rings. The second kappa shape index (κ2) is 5.77. The summed E-state index contributed by atoms with van der Waals surface area (Å²) < 4.78 is 27.8. The van der Waals surface area contributed by atoms with Crippen LogP contribution >= 0.6 is 0 Å². The summed E-state index contributed by atoms with van der Waals surface area (Å²) in [6.07, 6.45) is 2.86. The van der Waals surface area contributed by atoms with E-state index in [9.17, 15) is 13.2 Å². The number of rotatable bonds is 4. The Morgan fingerprint density at radius 1 is 1.24 bits per heavy atom. The Balaban J connectivity index is 2.40. The molecular weight excluding hydrogens is 290 g/mol. The fourth-order valence-corrected chi connectivity index (χ4v) is 4.57. The minimum absolute atomic E-state index is 0.0282. The van der Waals surface area contributed by atoms with E-state index in [1.54, 1.807) is 19.9 Å². The van der Waals surface area contributed by atoms with E-state index in [4.69, 9.17) is 5.11 Å². The Kier molecular flexibility index (Phi) is 4.39. The molecule has 2 atom stereocenters. The number of sulfonamides is 1. The predicted octanol–water partition coefficient (Wildman–Crippen LogP) is 2.47. The number of carbonyl (C=O) groups is 1. The fraction of sp³-hybridized carbons (Fsp3) is 0.533. The average molecular weight is 311 g/mol. The number of hydrogen-bond acceptors (Lipinski definition) is 3. The van der Waals surface area contributed by atoms with Crippen LogP contribution in [0.4, 0.5) is 0 Å². The standard InChI is InChI=1S/C15H21NO4S/c1-9-5-4-6-13(9)16-21(19,20)14-8-12(15(17)18)10(2)7-11(14)3/h7-9,13,16H,4-6H2,1-3H3,(H,17,18). The van der Waals surface area contributed by atoms with Crippen molar-refractivity contribution in [3.63, 3.8) is 0 Å². The van der Waals surface area contributed by atoms with E-state index >= 15 is 0 Å². The summed E-state index contributed by atoms with van der Waals surface area (Å²) >= 11 is 0. The molecule has 1 fully saturated rings. The van der Waals surface area contributed by atoms with E-state index in [1.807, 2.05) is 6.92 Å². The smallest absolute Gasteiger partial charge is 0.335 e. The molecule has 2 N–H and O–H groups in total. The van der Waals surface area contributed by atoms with E-state index in [1.165, 1.54) is 6.07 Å². The van der Waals surface area contributed by atoms with Gasteiger partial charge in [-0.3, -0.25) is 0 Å². The quantitative estimate of drug-likeness (QED) is 0.894. The Hall–Kier alpha value is -1.40. The van der Waals surface area contributed by atoms with Crippen molar-refractivity contribution < 1.29 is 18.3 Å². The monoisotopic (exact) mass is 311 g/mol. The van der Waals surface area contributed by atoms with Crippen LogP contribution in [0.25, 0.3) is 0 Å². The summed E-state index contributed by atoms with van der Waals surface area (Å²) in [4.78, 5) is 11.3. The third-order valence-electron chi connectivity index (χ3n) is 4.21. The number of aryl methyl sites for hydroxylation is 2. The molecule has 116 valence electrons. The third kappa shape index (κ3) is 3.27. The molecular formula is C15H21NO4S. The maximum absolute atomic E-state index is 12.5. The van der Waals surface area contributed by atoms with Gasteiger partial charge in [-0.1, -0.05) is 19.4 Å². The zero-order chi connectivity index (χ0) is 15.8. The van der Waals surface area contributed by atoms with Gasteiger partial charge in [0.05, 0.1) is 10.5 Å². The summed E-state index contributed by atoms with van der Waals surface area (Å²) in [5, 5.41) is 9.16. The van der Waals surface area contributed by atoms with Crippen molar-refractivity contribution in [1.29, 1.82) is 0 Å². The largest absolute Gasteiger partial charge is 0.478 e. The molecule has 21 heavy (non-hydrogen) atoms. The Morgan fingerprint density at radius 3 is 2.43 bits per heavy atom. The van der Waals surface area contributed by atoms with Crippen LogP contribution in [0.3, 0.4) is 0 Å². The molecule has 0 amide bonds. The number of carboxylic acid groups (broad SMARTS) is 1. The summed E-state index contributed by atoms with van der Waals surface area (Å²) in [6.45, 7) is 5.38. The van der Waals surface area contributed by atoms with Crippen LogP contribution in [0.15, 0.2) is 17.0 Å². The molecule has 0 aliphatic heterocycles. The summed E-state index contributed by atoms with van der Waals surface area (Å²) in [7, 11) is -3.69. The molecule has 0 bridgehead atoms. The second-order valence-electron chi connectivity index (χ2n) is 5.87. The van der Waals surface area contributed by atoms with Crippen LogP contribution < -0.4 is 4.72 Å². The first kappa shape index (κ1) is 16.0. The molecule has 0 saturated heterocycles. The third-order valence-corrected chi connectivity index (χ3v) is 5.84. The Morgan fingerprint density at radius 2 is 1.90 bits per heavy atom. The molecule has 1 saturated carbocycles. The van der Waals surface area contributed by atoms with Gasteiger partial charge in [0.1, 0.15) is 0 Å². The highest BCUT2D eigenvalue weighted by atomic mass is 32.2. The molecule has 0 aromatic heterocycles. The van der Waals surface area contributed by atoms with Gasteiger partial charge in [0, 0.05) is 6.04 Å². The van der Waals surface area contributed by atoms with Crippen LogP contribution in [-0.2, 0) is 10.0 Å². The first-order chi connectivity index (χ1) is 9.72. The van der Waals surface area contributed by atoms with Gasteiger partial charge in [0.2, 0.25) is 10.0 Å². The van der Waals surface area contributed by atoms with Gasteiger partial charge < -0.3 is 5.11 Å². The molecule has 1 aromatic carbocycles.